The lowest BCUT2D eigenvalue weighted by Gasteiger charge is -2.42. The number of cyclic esters (lactones) is 1. The van der Waals surface area contributed by atoms with E-state index in [0.717, 1.165) is 0 Å². The van der Waals surface area contributed by atoms with Crippen molar-refractivity contribution in [3.63, 3.8) is 0 Å². The van der Waals surface area contributed by atoms with Crippen molar-refractivity contribution in [2.24, 2.45) is 0 Å². The number of likely N-dealkylation sites (N-methyl/N-ethyl adjacent to an activating group) is 1. The fraction of sp³-hybridized carbons (Fsp3) is 0.818. The molecule has 18 heavy (non-hydrogen) atoms. The molecule has 1 fully saturated rings. The molecule has 1 saturated heterocycles. The lowest BCUT2D eigenvalue weighted by atomic mass is 9.81. The van der Waals surface area contributed by atoms with E-state index in [1.807, 2.05) is 0 Å². The summed E-state index contributed by atoms with van der Waals surface area (Å²) in [5, 5.41) is 29.3. The minimum atomic E-state index is -1.84. The summed E-state index contributed by atoms with van der Waals surface area (Å²) < 4.78 is 4.98. The summed E-state index contributed by atoms with van der Waals surface area (Å²) >= 11 is 0. The van der Waals surface area contributed by atoms with Gasteiger partial charge >= 0.3 is 5.97 Å². The van der Waals surface area contributed by atoms with Crippen molar-refractivity contribution < 1.29 is 29.6 Å². The van der Waals surface area contributed by atoms with Gasteiger partial charge in [0.05, 0.1) is 6.04 Å². The van der Waals surface area contributed by atoms with Gasteiger partial charge in [-0.3, -0.25) is 0 Å². The Labute approximate surface area is 105 Å². The van der Waals surface area contributed by atoms with Gasteiger partial charge in [-0.05, 0) is 20.5 Å². The number of nitrogens with zero attached hydrogens (tertiary/aromatic N) is 1. The first kappa shape index (κ1) is 15.0. The molecule has 3 N–H and O–H groups in total. The third-order valence-electron chi connectivity index (χ3n) is 3.40. The molecule has 7 heteroatoms. The van der Waals surface area contributed by atoms with Gasteiger partial charge in [-0.1, -0.05) is 6.92 Å². The van der Waals surface area contributed by atoms with E-state index in [1.165, 1.54) is 0 Å². The lowest BCUT2D eigenvalue weighted by molar-refractivity contribution is -0.183. The number of carbonyl (C=O) groups excluding carboxylic acids is 2. The molecule has 0 aromatic rings. The molecule has 1 unspecified atom stereocenters. The molecular weight excluding hydrogens is 242 g/mol. The predicted molar refractivity (Wildman–Crippen MR) is 60.7 cm³/mol. The van der Waals surface area contributed by atoms with Crippen LogP contribution < -0.4 is 0 Å². The fourth-order valence-corrected chi connectivity index (χ4v) is 2.56. The maximum Gasteiger partial charge on any atom is 0.338 e. The number of carbonyl (C=O) groups is 2. The van der Waals surface area contributed by atoms with E-state index < -0.39 is 35.9 Å². The summed E-state index contributed by atoms with van der Waals surface area (Å²) in [5.41, 5.74) is -1.84. The fourth-order valence-electron chi connectivity index (χ4n) is 2.56. The van der Waals surface area contributed by atoms with Gasteiger partial charge < -0.3 is 29.8 Å². The number of aliphatic hydroxyl groups is 3. The first-order valence-electron chi connectivity index (χ1n) is 5.71. The van der Waals surface area contributed by atoms with Crippen molar-refractivity contribution in [3.8, 4) is 0 Å². The van der Waals surface area contributed by atoms with E-state index in [2.05, 4.69) is 0 Å². The quantitative estimate of drug-likeness (QED) is 0.384. The van der Waals surface area contributed by atoms with Gasteiger partial charge in [0.2, 0.25) is 0 Å². The molecule has 0 spiro atoms. The van der Waals surface area contributed by atoms with Gasteiger partial charge in [-0.25, -0.2) is 4.79 Å². The molecule has 1 aliphatic rings. The number of ether oxygens (including phenoxy) is 1. The largest absolute Gasteiger partial charge is 0.449 e. The normalized spacial score (nSPS) is 35.4. The van der Waals surface area contributed by atoms with Crippen LogP contribution in [-0.2, 0) is 14.3 Å². The van der Waals surface area contributed by atoms with Crippen molar-refractivity contribution in [1.29, 1.82) is 0 Å². The summed E-state index contributed by atoms with van der Waals surface area (Å²) in [6, 6.07) is -0.603. The average Bonchev–Trinajstić information content (AvgIpc) is 2.54. The van der Waals surface area contributed by atoms with Gasteiger partial charge in [0.25, 0.3) is 0 Å². The number of aldehydes is 1. The number of rotatable bonds is 5. The topological polar surface area (TPSA) is 107 Å². The Morgan fingerprint density at radius 1 is 1.50 bits per heavy atom. The van der Waals surface area contributed by atoms with Crippen molar-refractivity contribution >= 4 is 12.3 Å². The summed E-state index contributed by atoms with van der Waals surface area (Å²) in [4.78, 5) is 23.9. The third kappa shape index (κ3) is 2.03. The zero-order chi connectivity index (χ0) is 14.1. The van der Waals surface area contributed by atoms with Gasteiger partial charge in [0.1, 0.15) is 6.10 Å². The van der Waals surface area contributed by atoms with Crippen LogP contribution in [0.3, 0.4) is 0 Å². The lowest BCUT2D eigenvalue weighted by Crippen LogP contribution is -2.64. The summed E-state index contributed by atoms with van der Waals surface area (Å²) in [6.07, 6.45) is -4.51. The van der Waals surface area contributed by atoms with Crippen molar-refractivity contribution in [3.05, 3.63) is 0 Å². The summed E-state index contributed by atoms with van der Waals surface area (Å²) in [5.74, 6) is -1.04. The Bertz CT molecular complexity index is 333. The Morgan fingerprint density at radius 3 is 2.33 bits per heavy atom. The van der Waals surface area contributed by atoms with Crippen LogP contribution in [0.15, 0.2) is 0 Å². The van der Waals surface area contributed by atoms with Gasteiger partial charge in [0.15, 0.2) is 24.1 Å². The molecule has 0 bridgehead atoms. The number of hydrogen-bond donors (Lipinski definition) is 3. The van der Waals surface area contributed by atoms with Gasteiger partial charge in [0, 0.05) is 0 Å². The van der Waals surface area contributed by atoms with Crippen LogP contribution in [0.1, 0.15) is 13.3 Å². The minimum Gasteiger partial charge on any atom is -0.449 e. The van der Waals surface area contributed by atoms with Crippen LogP contribution >= 0.6 is 0 Å². The number of hydrogen-bond acceptors (Lipinski definition) is 7. The second-order valence-corrected chi connectivity index (χ2v) is 4.63. The van der Waals surface area contributed by atoms with E-state index in [4.69, 9.17) is 4.74 Å². The molecule has 0 saturated carbocycles. The Hall–Kier alpha value is -1.02. The Kier molecular flexibility index (Phi) is 4.44. The van der Waals surface area contributed by atoms with Crippen molar-refractivity contribution in [2.75, 3.05) is 14.1 Å². The molecule has 5 atom stereocenters. The SMILES string of the molecule is CCC(N(C)C)[C@]1([C@@H](O)C=O)OC(=O)[C@@H](O)[C@H]1O. The molecule has 0 radical (unpaired) electrons. The highest BCUT2D eigenvalue weighted by molar-refractivity contribution is 5.80. The van der Waals surface area contributed by atoms with Crippen LogP contribution in [0.4, 0.5) is 0 Å². The summed E-state index contributed by atoms with van der Waals surface area (Å²) in [6.45, 7) is 1.76. The highest BCUT2D eigenvalue weighted by atomic mass is 16.6. The maximum absolute atomic E-state index is 11.4. The second kappa shape index (κ2) is 5.31. The van der Waals surface area contributed by atoms with Crippen molar-refractivity contribution in [1.82, 2.24) is 4.90 Å². The zero-order valence-electron chi connectivity index (χ0n) is 10.6. The number of aliphatic hydroxyl groups excluding tert-OH is 3. The van der Waals surface area contributed by atoms with Crippen LogP contribution in [0, 0.1) is 0 Å². The van der Waals surface area contributed by atoms with E-state index in [1.54, 1.807) is 25.9 Å². The van der Waals surface area contributed by atoms with E-state index in [-0.39, 0.29) is 6.29 Å². The molecule has 1 heterocycles. The molecule has 0 aromatic heterocycles. The van der Waals surface area contributed by atoms with Gasteiger partial charge in [-0.15, -0.1) is 0 Å². The Balaban J connectivity index is 3.27. The van der Waals surface area contributed by atoms with E-state index in [9.17, 15) is 24.9 Å². The maximum atomic E-state index is 11.4. The number of esters is 1. The standard InChI is InChI=1S/C11H19NO6/c1-4-6(12(2)3)11(7(14)5-13)9(16)8(15)10(17)18-11/h5-9,14-16H,4H2,1-3H3/t6?,7-,8-,9+,11+/m0/s1. The van der Waals surface area contributed by atoms with Crippen LogP contribution in [0.25, 0.3) is 0 Å². The molecule has 0 aromatic carbocycles. The zero-order valence-corrected chi connectivity index (χ0v) is 10.6. The van der Waals surface area contributed by atoms with Crippen molar-refractivity contribution in [2.45, 2.75) is 43.3 Å². The van der Waals surface area contributed by atoms with Gasteiger partial charge in [-0.2, -0.15) is 0 Å². The first-order chi connectivity index (χ1) is 8.32. The van der Waals surface area contributed by atoms with Crippen LogP contribution in [-0.4, -0.2) is 76.5 Å². The predicted octanol–water partition coefficient (Wildman–Crippen LogP) is -2.10. The summed E-state index contributed by atoms with van der Waals surface area (Å²) in [7, 11) is 3.33. The van der Waals surface area contributed by atoms with E-state index >= 15 is 0 Å². The molecule has 104 valence electrons. The monoisotopic (exact) mass is 261 g/mol. The Morgan fingerprint density at radius 2 is 2.06 bits per heavy atom. The molecule has 1 rings (SSSR count). The molecule has 0 aliphatic carbocycles. The molecule has 1 aliphatic heterocycles. The minimum absolute atomic E-state index is 0.195. The highest BCUT2D eigenvalue weighted by Gasteiger charge is 2.63. The van der Waals surface area contributed by atoms with Crippen LogP contribution in [0.2, 0.25) is 0 Å². The average molecular weight is 261 g/mol. The molecule has 0 amide bonds. The second-order valence-electron chi connectivity index (χ2n) is 4.63. The highest BCUT2D eigenvalue weighted by Crippen LogP contribution is 2.36. The smallest absolute Gasteiger partial charge is 0.338 e. The van der Waals surface area contributed by atoms with E-state index in [0.29, 0.717) is 6.42 Å². The third-order valence-corrected chi connectivity index (χ3v) is 3.40. The molecule has 7 nitrogen and oxygen atoms in total. The molecular formula is C11H19NO6. The first-order valence-corrected chi connectivity index (χ1v) is 5.71. The van der Waals surface area contributed by atoms with Crippen LogP contribution in [0.5, 0.6) is 0 Å².